The minimum atomic E-state index is -0.784. The van der Waals surface area contributed by atoms with Crippen LogP contribution in [0, 0.1) is 0 Å². The standard InChI is InChI=1S/C12H15N5O3/c1-17-6-8(4-15-17)11(18)16-10(12(19)20-2)3-9-5-13-7-14-9/h4-7,10H,3H2,1-2H3,(H,13,14)(H,16,18)/t10-/m0/s1. The average Bonchev–Trinajstić information content (AvgIpc) is 3.08. The van der Waals surface area contributed by atoms with Crippen LogP contribution in [-0.4, -0.2) is 44.8 Å². The van der Waals surface area contributed by atoms with Gasteiger partial charge in [0.15, 0.2) is 0 Å². The summed E-state index contributed by atoms with van der Waals surface area (Å²) in [6.07, 6.45) is 6.37. The van der Waals surface area contributed by atoms with Gasteiger partial charge < -0.3 is 15.0 Å². The van der Waals surface area contributed by atoms with Crippen molar-refractivity contribution in [1.82, 2.24) is 25.1 Å². The van der Waals surface area contributed by atoms with Gasteiger partial charge >= 0.3 is 5.97 Å². The molecule has 0 saturated carbocycles. The van der Waals surface area contributed by atoms with Crippen molar-refractivity contribution in [2.75, 3.05) is 7.11 Å². The Labute approximate surface area is 115 Å². The third kappa shape index (κ3) is 3.22. The van der Waals surface area contributed by atoms with Gasteiger partial charge in [0.1, 0.15) is 6.04 Å². The molecule has 2 rings (SSSR count). The number of hydrogen-bond acceptors (Lipinski definition) is 5. The molecular weight excluding hydrogens is 262 g/mol. The molecule has 0 saturated heterocycles. The zero-order valence-corrected chi connectivity index (χ0v) is 11.2. The molecule has 0 unspecified atom stereocenters. The number of ether oxygens (including phenoxy) is 1. The van der Waals surface area contributed by atoms with Crippen molar-refractivity contribution in [2.24, 2.45) is 7.05 Å². The predicted octanol–water partition coefficient (Wildman–Crippen LogP) is -0.343. The summed E-state index contributed by atoms with van der Waals surface area (Å²) < 4.78 is 6.21. The number of rotatable bonds is 5. The topological polar surface area (TPSA) is 102 Å². The second-order valence-electron chi connectivity index (χ2n) is 4.23. The first-order chi connectivity index (χ1) is 9.60. The normalized spacial score (nSPS) is 11.9. The number of carbonyl (C=O) groups excluding carboxylic acids is 2. The molecule has 1 atom stereocenters. The molecule has 106 valence electrons. The lowest BCUT2D eigenvalue weighted by molar-refractivity contribution is -0.142. The van der Waals surface area contributed by atoms with Gasteiger partial charge in [-0.25, -0.2) is 9.78 Å². The van der Waals surface area contributed by atoms with Crippen LogP contribution in [-0.2, 0) is 23.0 Å². The number of imidazole rings is 1. The Morgan fingerprint density at radius 3 is 2.85 bits per heavy atom. The summed E-state index contributed by atoms with van der Waals surface area (Å²) in [5, 5.41) is 6.53. The van der Waals surface area contributed by atoms with E-state index in [2.05, 4.69) is 20.4 Å². The summed E-state index contributed by atoms with van der Waals surface area (Å²) in [7, 11) is 2.98. The molecule has 8 heteroatoms. The molecule has 2 aromatic rings. The molecular formula is C12H15N5O3. The van der Waals surface area contributed by atoms with E-state index in [-0.39, 0.29) is 12.3 Å². The molecule has 2 aromatic heterocycles. The lowest BCUT2D eigenvalue weighted by Crippen LogP contribution is -2.43. The number of amides is 1. The van der Waals surface area contributed by atoms with Crippen molar-refractivity contribution in [1.29, 1.82) is 0 Å². The van der Waals surface area contributed by atoms with Crippen LogP contribution < -0.4 is 5.32 Å². The second kappa shape index (κ2) is 6.00. The number of carbonyl (C=O) groups is 2. The summed E-state index contributed by atoms with van der Waals surface area (Å²) >= 11 is 0. The van der Waals surface area contributed by atoms with Gasteiger partial charge in [-0.15, -0.1) is 0 Å². The number of methoxy groups -OCH3 is 1. The smallest absolute Gasteiger partial charge is 0.328 e. The van der Waals surface area contributed by atoms with E-state index < -0.39 is 12.0 Å². The van der Waals surface area contributed by atoms with Crippen LogP contribution in [0.15, 0.2) is 24.9 Å². The fraction of sp³-hybridized carbons (Fsp3) is 0.333. The molecule has 0 spiro atoms. The van der Waals surface area contributed by atoms with E-state index in [9.17, 15) is 9.59 Å². The lowest BCUT2D eigenvalue weighted by atomic mass is 10.1. The van der Waals surface area contributed by atoms with Crippen LogP contribution >= 0.6 is 0 Å². The van der Waals surface area contributed by atoms with Crippen LogP contribution in [0.1, 0.15) is 16.1 Å². The van der Waals surface area contributed by atoms with E-state index in [1.165, 1.54) is 24.3 Å². The van der Waals surface area contributed by atoms with Crippen LogP contribution in [0.5, 0.6) is 0 Å². The number of aryl methyl sites for hydroxylation is 1. The molecule has 0 aliphatic heterocycles. The van der Waals surface area contributed by atoms with Crippen LogP contribution in [0.2, 0.25) is 0 Å². The molecule has 8 nitrogen and oxygen atoms in total. The van der Waals surface area contributed by atoms with Gasteiger partial charge in [0.05, 0.1) is 25.2 Å². The number of esters is 1. The third-order valence-corrected chi connectivity index (χ3v) is 2.74. The summed E-state index contributed by atoms with van der Waals surface area (Å²) in [5.74, 6) is -0.898. The van der Waals surface area contributed by atoms with Crippen LogP contribution in [0.25, 0.3) is 0 Å². The summed E-state index contributed by atoms with van der Waals surface area (Å²) in [6, 6.07) is -0.784. The number of H-pyrrole nitrogens is 1. The first-order valence-corrected chi connectivity index (χ1v) is 5.94. The fourth-order valence-corrected chi connectivity index (χ4v) is 1.73. The van der Waals surface area contributed by atoms with E-state index in [1.54, 1.807) is 19.4 Å². The lowest BCUT2D eigenvalue weighted by Gasteiger charge is -2.15. The Kier molecular flexibility index (Phi) is 4.14. The van der Waals surface area contributed by atoms with Gasteiger partial charge in [-0.2, -0.15) is 5.10 Å². The molecule has 0 aliphatic carbocycles. The maximum absolute atomic E-state index is 12.0. The molecule has 0 radical (unpaired) electrons. The maximum Gasteiger partial charge on any atom is 0.328 e. The van der Waals surface area contributed by atoms with E-state index in [0.29, 0.717) is 5.56 Å². The fourth-order valence-electron chi connectivity index (χ4n) is 1.73. The van der Waals surface area contributed by atoms with E-state index in [4.69, 9.17) is 4.74 Å². The largest absolute Gasteiger partial charge is 0.467 e. The minimum absolute atomic E-state index is 0.276. The quantitative estimate of drug-likeness (QED) is 0.728. The molecule has 0 bridgehead atoms. The summed E-state index contributed by atoms with van der Waals surface area (Å²) in [4.78, 5) is 30.5. The highest BCUT2D eigenvalue weighted by Crippen LogP contribution is 2.03. The highest BCUT2D eigenvalue weighted by molar-refractivity contribution is 5.96. The van der Waals surface area contributed by atoms with Crippen molar-refractivity contribution in [3.05, 3.63) is 36.2 Å². The number of aromatic amines is 1. The first-order valence-electron chi connectivity index (χ1n) is 5.94. The Morgan fingerprint density at radius 1 is 1.50 bits per heavy atom. The van der Waals surface area contributed by atoms with E-state index >= 15 is 0 Å². The van der Waals surface area contributed by atoms with Crippen molar-refractivity contribution >= 4 is 11.9 Å². The van der Waals surface area contributed by atoms with Crippen molar-refractivity contribution < 1.29 is 14.3 Å². The molecule has 1 amide bonds. The second-order valence-corrected chi connectivity index (χ2v) is 4.23. The highest BCUT2D eigenvalue weighted by Gasteiger charge is 2.23. The van der Waals surface area contributed by atoms with Gasteiger partial charge in [0.25, 0.3) is 5.91 Å². The molecule has 0 fully saturated rings. The Bertz CT molecular complexity index is 590. The Balaban J connectivity index is 2.07. The maximum atomic E-state index is 12.0. The zero-order valence-electron chi connectivity index (χ0n) is 11.2. The van der Waals surface area contributed by atoms with E-state index in [0.717, 1.165) is 5.69 Å². The van der Waals surface area contributed by atoms with Crippen molar-refractivity contribution in [3.63, 3.8) is 0 Å². The van der Waals surface area contributed by atoms with Crippen molar-refractivity contribution in [3.8, 4) is 0 Å². The van der Waals surface area contributed by atoms with Gasteiger partial charge in [-0.1, -0.05) is 0 Å². The van der Waals surface area contributed by atoms with Crippen LogP contribution in [0.3, 0.4) is 0 Å². The third-order valence-electron chi connectivity index (χ3n) is 2.74. The van der Waals surface area contributed by atoms with Gasteiger partial charge in [0.2, 0.25) is 0 Å². The first kappa shape index (κ1) is 13.8. The summed E-state index contributed by atoms with van der Waals surface area (Å²) in [6.45, 7) is 0. The molecule has 0 aliphatic rings. The van der Waals surface area contributed by atoms with Gasteiger partial charge in [0, 0.05) is 31.6 Å². The molecule has 20 heavy (non-hydrogen) atoms. The predicted molar refractivity (Wildman–Crippen MR) is 68.8 cm³/mol. The zero-order chi connectivity index (χ0) is 14.5. The van der Waals surface area contributed by atoms with E-state index in [1.807, 2.05) is 0 Å². The number of hydrogen-bond donors (Lipinski definition) is 2. The monoisotopic (exact) mass is 277 g/mol. The minimum Gasteiger partial charge on any atom is -0.467 e. The Morgan fingerprint density at radius 2 is 2.30 bits per heavy atom. The van der Waals surface area contributed by atoms with Crippen molar-refractivity contribution in [2.45, 2.75) is 12.5 Å². The number of nitrogens with zero attached hydrogens (tertiary/aromatic N) is 3. The number of nitrogens with one attached hydrogen (secondary N) is 2. The van der Waals surface area contributed by atoms with Gasteiger partial charge in [-0.3, -0.25) is 9.48 Å². The Hall–Kier alpha value is -2.64. The average molecular weight is 277 g/mol. The highest BCUT2D eigenvalue weighted by atomic mass is 16.5. The van der Waals surface area contributed by atoms with Gasteiger partial charge in [-0.05, 0) is 0 Å². The summed E-state index contributed by atoms with van der Waals surface area (Å²) in [5.41, 5.74) is 1.11. The molecule has 0 aromatic carbocycles. The van der Waals surface area contributed by atoms with Crippen LogP contribution in [0.4, 0.5) is 0 Å². The molecule has 2 N–H and O–H groups in total. The molecule has 2 heterocycles. The SMILES string of the molecule is COC(=O)[C@H](Cc1cnc[nH]1)NC(=O)c1cnn(C)c1. The number of aromatic nitrogens is 4.